The van der Waals surface area contributed by atoms with Gasteiger partial charge in [0.2, 0.25) is 5.91 Å². The van der Waals surface area contributed by atoms with Crippen molar-refractivity contribution in [3.05, 3.63) is 70.8 Å². The number of carbonyl (C=O) groups excluding carboxylic acids is 1. The smallest absolute Gasteiger partial charge is 0.336 e. The van der Waals surface area contributed by atoms with Crippen molar-refractivity contribution in [2.45, 2.75) is 89.5 Å². The van der Waals surface area contributed by atoms with Gasteiger partial charge in [0.15, 0.2) is 0 Å². The third-order valence-corrected chi connectivity index (χ3v) is 8.98. The average molecular weight is 553 g/mol. The van der Waals surface area contributed by atoms with Crippen LogP contribution in [0.2, 0.25) is 0 Å². The Morgan fingerprint density at radius 3 is 1.74 bits per heavy atom. The van der Waals surface area contributed by atoms with Crippen LogP contribution in [0.3, 0.4) is 0 Å². The molecule has 2 aromatic carbocycles. The summed E-state index contributed by atoms with van der Waals surface area (Å²) in [7, 11) is 0. The van der Waals surface area contributed by atoms with Gasteiger partial charge in [0.05, 0.1) is 11.1 Å². The molecule has 0 spiro atoms. The molecule has 2 aromatic rings. The van der Waals surface area contributed by atoms with E-state index in [1.54, 1.807) is 0 Å². The predicted octanol–water partition coefficient (Wildman–Crippen LogP) is 7.54. The Bertz CT molecular complexity index is 1100. The van der Waals surface area contributed by atoms with Crippen molar-refractivity contribution >= 4 is 5.91 Å². The van der Waals surface area contributed by atoms with E-state index in [9.17, 15) is 31.1 Å². The van der Waals surface area contributed by atoms with E-state index < -0.39 is 23.5 Å². The van der Waals surface area contributed by atoms with Gasteiger partial charge in [-0.3, -0.25) is 9.69 Å². The second-order valence-electron chi connectivity index (χ2n) is 11.8. The van der Waals surface area contributed by atoms with Crippen LogP contribution in [-0.4, -0.2) is 33.8 Å². The van der Waals surface area contributed by atoms with Crippen LogP contribution in [0.5, 0.6) is 0 Å². The summed E-state index contributed by atoms with van der Waals surface area (Å²) in [6.45, 7) is 5.09. The lowest BCUT2D eigenvalue weighted by atomic mass is 9.71. The maximum atomic E-state index is 13.1. The van der Waals surface area contributed by atoms with Crippen LogP contribution >= 0.6 is 0 Å². The number of carbonyl (C=O) groups is 1. The normalized spacial score (nSPS) is 27.4. The van der Waals surface area contributed by atoms with Gasteiger partial charge in [0, 0.05) is 37.6 Å². The van der Waals surface area contributed by atoms with Crippen LogP contribution in [0.15, 0.2) is 48.5 Å². The highest BCUT2D eigenvalue weighted by molar-refractivity contribution is 5.78. The van der Waals surface area contributed by atoms with E-state index in [0.717, 1.165) is 61.1 Å². The van der Waals surface area contributed by atoms with Crippen molar-refractivity contribution in [1.29, 1.82) is 0 Å². The number of hydrogen-bond acceptors (Lipinski definition) is 2. The Hall–Kier alpha value is -2.55. The zero-order chi connectivity index (χ0) is 28.1. The minimum absolute atomic E-state index is 0.113. The number of halogens is 6. The van der Waals surface area contributed by atoms with E-state index >= 15 is 0 Å². The van der Waals surface area contributed by atoms with Gasteiger partial charge in [-0.2, -0.15) is 26.3 Å². The van der Waals surface area contributed by atoms with Crippen molar-refractivity contribution in [3.63, 3.8) is 0 Å². The Kier molecular flexibility index (Phi) is 7.50. The van der Waals surface area contributed by atoms with Gasteiger partial charge in [0.25, 0.3) is 0 Å². The lowest BCUT2D eigenvalue weighted by Gasteiger charge is -2.48. The molecule has 1 saturated carbocycles. The number of alkyl halides is 6. The summed E-state index contributed by atoms with van der Waals surface area (Å²) in [6, 6.07) is 10.8. The summed E-state index contributed by atoms with van der Waals surface area (Å²) in [5, 5.41) is 0. The molecule has 2 aliphatic heterocycles. The first kappa shape index (κ1) is 28.0. The zero-order valence-electron chi connectivity index (χ0n) is 22.1. The van der Waals surface area contributed by atoms with Gasteiger partial charge >= 0.3 is 12.4 Å². The van der Waals surface area contributed by atoms with E-state index in [0.29, 0.717) is 37.3 Å². The van der Waals surface area contributed by atoms with Crippen LogP contribution in [0.4, 0.5) is 26.3 Å². The Morgan fingerprint density at radius 2 is 1.28 bits per heavy atom. The third-order valence-electron chi connectivity index (χ3n) is 8.98. The first-order chi connectivity index (χ1) is 18.3. The SMILES string of the molecule is CC(C)[C@H]1CC2C[C@H](N(Cc3ccc(C(F)(F)F)cc3)Cc3ccc(C(F)(F)F)cc3)C[C@H]3CCC(=O)N1C23. The van der Waals surface area contributed by atoms with Gasteiger partial charge in [-0.05, 0) is 78.8 Å². The molecule has 3 nitrogen and oxygen atoms in total. The molecule has 0 N–H and O–H groups in total. The van der Waals surface area contributed by atoms with E-state index in [4.69, 9.17) is 0 Å². The molecule has 2 heterocycles. The molecule has 1 amide bonds. The molecule has 212 valence electrons. The second-order valence-corrected chi connectivity index (χ2v) is 11.8. The van der Waals surface area contributed by atoms with Gasteiger partial charge in [-0.15, -0.1) is 0 Å². The van der Waals surface area contributed by atoms with Crippen molar-refractivity contribution in [2.24, 2.45) is 17.8 Å². The lowest BCUT2D eigenvalue weighted by molar-refractivity contribution is -0.142. The largest absolute Gasteiger partial charge is 0.416 e. The lowest BCUT2D eigenvalue weighted by Crippen LogP contribution is -2.55. The summed E-state index contributed by atoms with van der Waals surface area (Å²) in [5.41, 5.74) is 0.0327. The highest BCUT2D eigenvalue weighted by Gasteiger charge is 2.53. The predicted molar refractivity (Wildman–Crippen MR) is 135 cm³/mol. The zero-order valence-corrected chi connectivity index (χ0v) is 22.1. The molecular weight excluding hydrogens is 518 g/mol. The maximum absolute atomic E-state index is 13.1. The van der Waals surface area contributed by atoms with Crippen molar-refractivity contribution in [2.75, 3.05) is 0 Å². The third kappa shape index (κ3) is 5.83. The van der Waals surface area contributed by atoms with Gasteiger partial charge in [0.1, 0.15) is 0 Å². The highest BCUT2D eigenvalue weighted by atomic mass is 19.4. The first-order valence-electron chi connectivity index (χ1n) is 13.7. The molecule has 0 radical (unpaired) electrons. The van der Waals surface area contributed by atoms with Crippen LogP contribution in [-0.2, 0) is 30.2 Å². The number of rotatable bonds is 6. The van der Waals surface area contributed by atoms with Crippen LogP contribution < -0.4 is 0 Å². The fraction of sp³-hybridized carbons (Fsp3) is 0.567. The molecule has 9 heteroatoms. The molecule has 3 fully saturated rings. The Labute approximate surface area is 225 Å². The summed E-state index contributed by atoms with van der Waals surface area (Å²) in [6.07, 6.45) is -4.83. The number of amides is 1. The number of nitrogens with zero attached hydrogens (tertiary/aromatic N) is 2. The molecule has 39 heavy (non-hydrogen) atoms. The second kappa shape index (κ2) is 10.5. The minimum Gasteiger partial charge on any atom is -0.336 e. The molecule has 2 saturated heterocycles. The van der Waals surface area contributed by atoms with Crippen molar-refractivity contribution < 1.29 is 31.1 Å². The molecule has 0 bridgehead atoms. The Balaban J connectivity index is 1.41. The van der Waals surface area contributed by atoms with E-state index in [2.05, 4.69) is 23.6 Å². The molecule has 5 atom stereocenters. The van der Waals surface area contributed by atoms with Crippen LogP contribution in [0.25, 0.3) is 0 Å². The molecule has 5 rings (SSSR count). The van der Waals surface area contributed by atoms with E-state index in [1.807, 2.05) is 0 Å². The molecule has 0 aromatic heterocycles. The number of piperidine rings is 1. The summed E-state index contributed by atoms with van der Waals surface area (Å²) in [5.74, 6) is 1.28. The molecule has 3 aliphatic rings. The number of hydrogen-bond donors (Lipinski definition) is 0. The van der Waals surface area contributed by atoms with Crippen molar-refractivity contribution in [1.82, 2.24) is 9.80 Å². The first-order valence-corrected chi connectivity index (χ1v) is 13.7. The molecule has 2 unspecified atom stereocenters. The monoisotopic (exact) mass is 552 g/mol. The number of benzene rings is 2. The fourth-order valence-electron chi connectivity index (χ4n) is 7.14. The van der Waals surface area contributed by atoms with Crippen molar-refractivity contribution in [3.8, 4) is 0 Å². The van der Waals surface area contributed by atoms with E-state index in [-0.39, 0.29) is 24.0 Å². The quantitative estimate of drug-likeness (QED) is 0.346. The molecular formula is C30H34F6N2O. The minimum atomic E-state index is -4.42. The van der Waals surface area contributed by atoms with E-state index in [1.165, 1.54) is 24.3 Å². The average Bonchev–Trinajstić information content (AvgIpc) is 3.27. The van der Waals surface area contributed by atoms with Crippen LogP contribution in [0.1, 0.15) is 68.2 Å². The highest BCUT2D eigenvalue weighted by Crippen LogP contribution is 2.50. The topological polar surface area (TPSA) is 23.6 Å². The summed E-state index contributed by atoms with van der Waals surface area (Å²) in [4.78, 5) is 17.2. The Morgan fingerprint density at radius 1 is 0.795 bits per heavy atom. The molecule has 1 aliphatic carbocycles. The fourth-order valence-corrected chi connectivity index (χ4v) is 7.14. The summed E-state index contributed by atoms with van der Waals surface area (Å²) < 4.78 is 78.7. The van der Waals surface area contributed by atoms with Crippen LogP contribution in [0, 0.1) is 17.8 Å². The maximum Gasteiger partial charge on any atom is 0.416 e. The summed E-state index contributed by atoms with van der Waals surface area (Å²) >= 11 is 0. The van der Waals surface area contributed by atoms with Gasteiger partial charge in [-0.25, -0.2) is 0 Å². The van der Waals surface area contributed by atoms with Gasteiger partial charge < -0.3 is 4.90 Å². The standard InChI is InChI=1S/C30H34F6N2O/c1-18(2)26-15-22-14-25(13-21-7-12-27(39)38(26)28(21)22)37(16-19-3-8-23(9-4-19)29(31,32)33)17-20-5-10-24(11-6-20)30(34,35)36/h3-6,8-11,18,21-22,25-26,28H,7,12-17H2,1-2H3/t21-,22?,25-,26-,28?/m1/s1. The van der Waals surface area contributed by atoms with Gasteiger partial charge in [-0.1, -0.05) is 38.1 Å².